The molecule has 106 valence electrons. The molecular weight excluding hydrogens is 418 g/mol. The highest BCUT2D eigenvalue weighted by Crippen LogP contribution is 2.32. The zero-order valence-electron chi connectivity index (χ0n) is 10.2. The number of hydrogen-bond donors (Lipinski definition) is 1. The van der Waals surface area contributed by atoms with Gasteiger partial charge in [0, 0.05) is 22.9 Å². The van der Waals surface area contributed by atoms with Crippen molar-refractivity contribution in [1.29, 1.82) is 0 Å². The molecule has 0 aliphatic rings. The van der Waals surface area contributed by atoms with Gasteiger partial charge in [-0.25, -0.2) is 0 Å². The number of nitrogens with one attached hydrogen (secondary N) is 1. The molecule has 0 saturated carbocycles. The third-order valence-corrected chi connectivity index (χ3v) is 5.62. The van der Waals surface area contributed by atoms with Gasteiger partial charge in [-0.15, -0.1) is 11.3 Å². The molecule has 1 amide bonds. The van der Waals surface area contributed by atoms with Crippen LogP contribution in [0.2, 0.25) is 0 Å². The molecule has 0 aromatic carbocycles. The quantitative estimate of drug-likeness (QED) is 0.676. The van der Waals surface area contributed by atoms with Gasteiger partial charge in [-0.05, 0) is 44.3 Å². The molecule has 8 heteroatoms. The lowest BCUT2D eigenvalue weighted by atomic mass is 10.2. The largest absolute Gasteiger partial charge is 0.355 e. The van der Waals surface area contributed by atoms with Gasteiger partial charge in [0.25, 0.3) is 0 Å². The molecule has 0 fully saturated rings. The van der Waals surface area contributed by atoms with Crippen LogP contribution in [0.3, 0.4) is 0 Å². The molecule has 1 heterocycles. The molecule has 19 heavy (non-hydrogen) atoms. The lowest BCUT2D eigenvalue weighted by Crippen LogP contribution is -2.30. The minimum atomic E-state index is -1.48. The molecule has 1 atom stereocenters. The topological polar surface area (TPSA) is 63.2 Å². The van der Waals surface area contributed by atoms with Gasteiger partial charge in [0.1, 0.15) is 5.75 Å². The number of hydrogen-bond acceptors (Lipinski definition) is 4. The lowest BCUT2D eigenvalue weighted by Gasteiger charge is -2.03. The van der Waals surface area contributed by atoms with Crippen LogP contribution < -0.4 is 5.32 Å². The number of rotatable bonds is 7. The van der Waals surface area contributed by atoms with Crippen molar-refractivity contribution >= 4 is 65.7 Å². The Bertz CT molecular complexity index is 502. The highest BCUT2D eigenvalue weighted by Gasteiger charge is 2.17. The summed E-state index contributed by atoms with van der Waals surface area (Å²) in [5.74, 6) is -0.773. The summed E-state index contributed by atoms with van der Waals surface area (Å²) in [6.07, 6.45) is 0.827. The molecule has 0 aliphatic heterocycles. The summed E-state index contributed by atoms with van der Waals surface area (Å²) in [6.45, 7) is 2.50. The summed E-state index contributed by atoms with van der Waals surface area (Å²) in [6, 6.07) is 1.69. The Balaban J connectivity index is 2.51. The zero-order valence-corrected chi connectivity index (χ0v) is 15.0. The smallest absolute Gasteiger partial charge is 0.232 e. The fourth-order valence-corrected chi connectivity index (χ4v) is 5.07. The second-order valence-electron chi connectivity index (χ2n) is 3.74. The van der Waals surface area contributed by atoms with E-state index in [0.29, 0.717) is 15.9 Å². The standard InChI is InChI=1S/C11H13Br2NO3S2/c1-2-3-14-10(16)6-19(17)5-8(15)7-4-9(12)18-11(7)13/h4H,2-3,5-6H2,1H3,(H,14,16). The van der Waals surface area contributed by atoms with E-state index < -0.39 is 10.8 Å². The predicted octanol–water partition coefficient (Wildman–Crippen LogP) is 2.73. The third kappa shape index (κ3) is 5.85. The predicted molar refractivity (Wildman–Crippen MR) is 85.2 cm³/mol. The summed E-state index contributed by atoms with van der Waals surface area (Å²) in [7, 11) is -1.48. The van der Waals surface area contributed by atoms with Crippen LogP contribution in [0.5, 0.6) is 0 Å². The Morgan fingerprint density at radius 2 is 2.05 bits per heavy atom. The highest BCUT2D eigenvalue weighted by atomic mass is 79.9. The average molecular weight is 431 g/mol. The molecule has 1 aromatic heterocycles. The van der Waals surface area contributed by atoms with Gasteiger partial charge >= 0.3 is 0 Å². The molecule has 0 aliphatic carbocycles. The van der Waals surface area contributed by atoms with Crippen molar-refractivity contribution in [2.45, 2.75) is 13.3 Å². The molecule has 0 radical (unpaired) electrons. The Morgan fingerprint density at radius 3 is 2.58 bits per heavy atom. The number of carbonyl (C=O) groups is 2. The van der Waals surface area contributed by atoms with E-state index in [4.69, 9.17) is 0 Å². The number of Topliss-reactive ketones (excluding diaryl/α,β-unsaturated/α-hetero) is 1. The van der Waals surface area contributed by atoms with Gasteiger partial charge in [0.15, 0.2) is 5.78 Å². The van der Waals surface area contributed by atoms with E-state index >= 15 is 0 Å². The number of carbonyl (C=O) groups excluding carboxylic acids is 2. The molecule has 1 N–H and O–H groups in total. The normalized spacial score (nSPS) is 12.2. The number of thiophene rings is 1. The first-order valence-electron chi connectivity index (χ1n) is 5.53. The molecule has 1 aromatic rings. The van der Waals surface area contributed by atoms with Crippen LogP contribution in [0, 0.1) is 0 Å². The van der Waals surface area contributed by atoms with Crippen LogP contribution in [0.1, 0.15) is 23.7 Å². The van der Waals surface area contributed by atoms with E-state index in [1.807, 2.05) is 6.92 Å². The van der Waals surface area contributed by atoms with Crippen molar-refractivity contribution in [2.24, 2.45) is 0 Å². The van der Waals surface area contributed by atoms with Crippen LogP contribution in [0.25, 0.3) is 0 Å². The summed E-state index contributed by atoms with van der Waals surface area (Å²) >= 11 is 7.95. The molecule has 0 saturated heterocycles. The molecule has 0 bridgehead atoms. The second-order valence-corrected chi connectivity index (χ2v) is 8.95. The Kier molecular flexibility index (Phi) is 7.41. The van der Waals surface area contributed by atoms with E-state index in [0.717, 1.165) is 10.2 Å². The van der Waals surface area contributed by atoms with E-state index in [9.17, 15) is 13.8 Å². The van der Waals surface area contributed by atoms with Crippen LogP contribution in [-0.2, 0) is 15.6 Å². The van der Waals surface area contributed by atoms with Crippen molar-refractivity contribution < 1.29 is 13.8 Å². The Morgan fingerprint density at radius 1 is 1.37 bits per heavy atom. The van der Waals surface area contributed by atoms with E-state index in [1.54, 1.807) is 6.07 Å². The van der Waals surface area contributed by atoms with E-state index in [-0.39, 0.29) is 23.2 Å². The molecule has 1 unspecified atom stereocenters. The van der Waals surface area contributed by atoms with Gasteiger partial charge in [0.2, 0.25) is 5.91 Å². The van der Waals surface area contributed by atoms with Crippen molar-refractivity contribution in [3.8, 4) is 0 Å². The summed E-state index contributed by atoms with van der Waals surface area (Å²) in [5, 5.41) is 2.63. The highest BCUT2D eigenvalue weighted by molar-refractivity contribution is 9.12. The number of halogens is 2. The fourth-order valence-electron chi connectivity index (χ4n) is 1.27. The molecule has 1 rings (SSSR count). The number of ketones is 1. The van der Waals surface area contributed by atoms with Gasteiger partial charge in [-0.3, -0.25) is 13.8 Å². The molecule has 4 nitrogen and oxygen atoms in total. The summed E-state index contributed by atoms with van der Waals surface area (Å²) in [5.41, 5.74) is 0.499. The van der Waals surface area contributed by atoms with Crippen LogP contribution >= 0.6 is 43.2 Å². The first kappa shape index (κ1) is 17.0. The Hall–Kier alpha value is -0.0500. The van der Waals surface area contributed by atoms with Crippen molar-refractivity contribution in [3.63, 3.8) is 0 Å². The van der Waals surface area contributed by atoms with Crippen LogP contribution in [0.15, 0.2) is 13.6 Å². The fraction of sp³-hybridized carbons (Fsp3) is 0.455. The summed E-state index contributed by atoms with van der Waals surface area (Å²) < 4.78 is 13.3. The van der Waals surface area contributed by atoms with Crippen molar-refractivity contribution in [3.05, 3.63) is 19.2 Å². The third-order valence-electron chi connectivity index (χ3n) is 2.11. The maximum absolute atomic E-state index is 11.9. The minimum Gasteiger partial charge on any atom is -0.355 e. The summed E-state index contributed by atoms with van der Waals surface area (Å²) in [4.78, 5) is 23.3. The SMILES string of the molecule is CCCNC(=O)CS(=O)CC(=O)c1cc(Br)sc1Br. The number of amides is 1. The zero-order chi connectivity index (χ0) is 14.4. The van der Waals surface area contributed by atoms with Crippen LogP contribution in [0.4, 0.5) is 0 Å². The minimum absolute atomic E-state index is 0.130. The molecule has 0 spiro atoms. The van der Waals surface area contributed by atoms with Gasteiger partial charge in [-0.1, -0.05) is 6.92 Å². The second kappa shape index (κ2) is 8.28. The first-order chi connectivity index (χ1) is 8.93. The Labute approximate surface area is 135 Å². The van der Waals surface area contributed by atoms with Gasteiger partial charge < -0.3 is 5.32 Å². The van der Waals surface area contributed by atoms with Crippen molar-refractivity contribution in [1.82, 2.24) is 5.32 Å². The van der Waals surface area contributed by atoms with Gasteiger partial charge in [-0.2, -0.15) is 0 Å². The van der Waals surface area contributed by atoms with E-state index in [1.165, 1.54) is 11.3 Å². The van der Waals surface area contributed by atoms with Crippen molar-refractivity contribution in [2.75, 3.05) is 18.1 Å². The van der Waals surface area contributed by atoms with E-state index in [2.05, 4.69) is 37.2 Å². The first-order valence-corrected chi connectivity index (χ1v) is 9.42. The lowest BCUT2D eigenvalue weighted by molar-refractivity contribution is -0.118. The maximum atomic E-state index is 11.9. The average Bonchev–Trinajstić information content (AvgIpc) is 2.65. The molecular formula is C11H13Br2NO3S2. The maximum Gasteiger partial charge on any atom is 0.232 e. The van der Waals surface area contributed by atoms with Gasteiger partial charge in [0.05, 0.1) is 13.3 Å². The van der Waals surface area contributed by atoms with Crippen LogP contribution in [-0.4, -0.2) is 33.9 Å². The monoisotopic (exact) mass is 429 g/mol.